The monoisotopic (exact) mass is 215 g/mol. The zero-order valence-electron chi connectivity index (χ0n) is 9.05. The van der Waals surface area contributed by atoms with Gasteiger partial charge in [0.25, 0.3) is 0 Å². The molecule has 0 radical (unpaired) electrons. The van der Waals surface area contributed by atoms with Crippen LogP contribution >= 0.6 is 11.8 Å². The second-order valence-corrected chi connectivity index (χ2v) is 5.78. The van der Waals surface area contributed by atoms with Gasteiger partial charge >= 0.3 is 0 Å². The summed E-state index contributed by atoms with van der Waals surface area (Å²) in [7, 11) is 0. The molecule has 3 heteroatoms. The van der Waals surface area contributed by atoms with Crippen molar-refractivity contribution in [1.82, 2.24) is 5.32 Å². The normalized spacial score (nSPS) is 27.2. The van der Waals surface area contributed by atoms with Gasteiger partial charge in [0.1, 0.15) is 0 Å². The number of rotatable bonds is 4. The first kappa shape index (κ1) is 10.8. The summed E-state index contributed by atoms with van der Waals surface area (Å²) in [6.07, 6.45) is 8.89. The second kappa shape index (κ2) is 4.86. The quantitative estimate of drug-likeness (QED) is 0.775. The van der Waals surface area contributed by atoms with Crippen LogP contribution < -0.4 is 5.32 Å². The van der Waals surface area contributed by atoms with Crippen molar-refractivity contribution in [2.75, 3.05) is 26.0 Å². The lowest BCUT2D eigenvalue weighted by molar-refractivity contribution is 0.0764. The molecular weight excluding hydrogens is 194 g/mol. The SMILES string of the molecule is CSC1(CNC2CCOCC2)CCC1. The first-order chi connectivity index (χ1) is 6.85. The van der Waals surface area contributed by atoms with E-state index < -0.39 is 0 Å². The zero-order valence-corrected chi connectivity index (χ0v) is 9.87. The Morgan fingerprint density at radius 3 is 2.57 bits per heavy atom. The molecule has 2 nitrogen and oxygen atoms in total. The van der Waals surface area contributed by atoms with Gasteiger partial charge in [0, 0.05) is 30.5 Å². The Morgan fingerprint density at radius 1 is 1.36 bits per heavy atom. The molecule has 0 spiro atoms. The summed E-state index contributed by atoms with van der Waals surface area (Å²) in [5.74, 6) is 0. The standard InChI is InChI=1S/C11H21NOS/c1-14-11(5-2-6-11)9-12-10-3-7-13-8-4-10/h10,12H,2-9H2,1H3. The van der Waals surface area contributed by atoms with E-state index in [1.54, 1.807) is 0 Å². The van der Waals surface area contributed by atoms with Crippen molar-refractivity contribution < 1.29 is 4.74 Å². The highest BCUT2D eigenvalue weighted by atomic mass is 32.2. The zero-order chi connectivity index (χ0) is 9.86. The van der Waals surface area contributed by atoms with Gasteiger partial charge in [0.2, 0.25) is 0 Å². The van der Waals surface area contributed by atoms with Crippen molar-refractivity contribution in [3.05, 3.63) is 0 Å². The third kappa shape index (κ3) is 2.44. The van der Waals surface area contributed by atoms with Crippen molar-refractivity contribution >= 4 is 11.8 Å². The molecule has 1 N–H and O–H groups in total. The van der Waals surface area contributed by atoms with E-state index >= 15 is 0 Å². The Balaban J connectivity index is 1.69. The van der Waals surface area contributed by atoms with E-state index in [-0.39, 0.29) is 0 Å². The second-order valence-electron chi connectivity index (χ2n) is 4.51. The Hall–Kier alpha value is 0.270. The van der Waals surface area contributed by atoms with Crippen LogP contribution in [-0.2, 0) is 4.74 Å². The van der Waals surface area contributed by atoms with Gasteiger partial charge < -0.3 is 10.1 Å². The number of thioether (sulfide) groups is 1. The summed E-state index contributed by atoms with van der Waals surface area (Å²) in [6, 6.07) is 0.716. The van der Waals surface area contributed by atoms with E-state index in [1.165, 1.54) is 38.6 Å². The third-order valence-electron chi connectivity index (χ3n) is 3.63. The number of hydrogen-bond acceptors (Lipinski definition) is 3. The van der Waals surface area contributed by atoms with Crippen LogP contribution in [0.3, 0.4) is 0 Å². The van der Waals surface area contributed by atoms with Crippen LogP contribution in [0.2, 0.25) is 0 Å². The first-order valence-electron chi connectivity index (χ1n) is 5.71. The molecule has 0 aromatic carbocycles. The van der Waals surface area contributed by atoms with E-state index in [4.69, 9.17) is 4.74 Å². The molecule has 1 saturated heterocycles. The minimum Gasteiger partial charge on any atom is -0.381 e. The predicted molar refractivity (Wildman–Crippen MR) is 61.9 cm³/mol. The van der Waals surface area contributed by atoms with E-state index in [0.717, 1.165) is 13.2 Å². The van der Waals surface area contributed by atoms with Crippen molar-refractivity contribution in [3.8, 4) is 0 Å². The summed E-state index contributed by atoms with van der Waals surface area (Å²) in [4.78, 5) is 0. The van der Waals surface area contributed by atoms with Crippen molar-refractivity contribution in [2.45, 2.75) is 42.9 Å². The molecule has 82 valence electrons. The number of ether oxygens (including phenoxy) is 1. The van der Waals surface area contributed by atoms with Gasteiger partial charge in [-0.3, -0.25) is 0 Å². The fourth-order valence-corrected chi connectivity index (χ4v) is 3.18. The van der Waals surface area contributed by atoms with Gasteiger partial charge in [0.05, 0.1) is 0 Å². The fraction of sp³-hybridized carbons (Fsp3) is 1.00. The van der Waals surface area contributed by atoms with Crippen LogP contribution in [0.1, 0.15) is 32.1 Å². The van der Waals surface area contributed by atoms with Crippen LogP contribution in [0.5, 0.6) is 0 Å². The summed E-state index contributed by atoms with van der Waals surface area (Å²) in [5.41, 5.74) is 0. The molecule has 0 aromatic rings. The summed E-state index contributed by atoms with van der Waals surface area (Å²) in [5, 5.41) is 3.71. The molecule has 0 bridgehead atoms. The van der Waals surface area contributed by atoms with Crippen molar-refractivity contribution in [1.29, 1.82) is 0 Å². The van der Waals surface area contributed by atoms with Crippen LogP contribution in [0.4, 0.5) is 0 Å². The maximum Gasteiger partial charge on any atom is 0.0480 e. The Bertz CT molecular complexity index is 171. The number of hydrogen-bond donors (Lipinski definition) is 1. The van der Waals surface area contributed by atoms with Gasteiger partial charge in [0.15, 0.2) is 0 Å². The smallest absolute Gasteiger partial charge is 0.0480 e. The molecule has 0 aromatic heterocycles. The summed E-state index contributed by atoms with van der Waals surface area (Å²) in [6.45, 7) is 3.10. The Morgan fingerprint density at radius 2 is 2.07 bits per heavy atom. The van der Waals surface area contributed by atoms with E-state index in [9.17, 15) is 0 Å². The first-order valence-corrected chi connectivity index (χ1v) is 6.93. The van der Waals surface area contributed by atoms with Crippen LogP contribution in [0.15, 0.2) is 0 Å². The summed E-state index contributed by atoms with van der Waals surface area (Å²) < 4.78 is 5.93. The van der Waals surface area contributed by atoms with Crippen molar-refractivity contribution in [2.24, 2.45) is 0 Å². The maximum absolute atomic E-state index is 5.35. The molecule has 0 atom stereocenters. The summed E-state index contributed by atoms with van der Waals surface area (Å²) >= 11 is 2.05. The molecule has 2 aliphatic rings. The van der Waals surface area contributed by atoms with Crippen LogP contribution in [-0.4, -0.2) is 36.8 Å². The largest absolute Gasteiger partial charge is 0.381 e. The molecular formula is C11H21NOS. The molecule has 1 saturated carbocycles. The fourth-order valence-electron chi connectivity index (χ4n) is 2.26. The molecule has 1 aliphatic carbocycles. The maximum atomic E-state index is 5.35. The molecule has 0 amide bonds. The molecule has 1 aliphatic heterocycles. The molecule has 2 rings (SSSR count). The predicted octanol–water partition coefficient (Wildman–Crippen LogP) is 2.04. The third-order valence-corrected chi connectivity index (χ3v) is 5.05. The lowest BCUT2D eigenvalue weighted by Gasteiger charge is -2.42. The highest BCUT2D eigenvalue weighted by Gasteiger charge is 2.36. The average Bonchev–Trinajstić information content (AvgIpc) is 2.19. The minimum atomic E-state index is 0.582. The van der Waals surface area contributed by atoms with Crippen molar-refractivity contribution in [3.63, 3.8) is 0 Å². The molecule has 1 heterocycles. The minimum absolute atomic E-state index is 0.582. The topological polar surface area (TPSA) is 21.3 Å². The van der Waals surface area contributed by atoms with Crippen LogP contribution in [0.25, 0.3) is 0 Å². The average molecular weight is 215 g/mol. The molecule has 2 fully saturated rings. The van der Waals surface area contributed by atoms with Gasteiger partial charge in [-0.05, 0) is 31.9 Å². The molecule has 14 heavy (non-hydrogen) atoms. The Kier molecular flexibility index (Phi) is 3.74. The lowest BCUT2D eigenvalue weighted by atomic mass is 9.84. The number of nitrogens with one attached hydrogen (secondary N) is 1. The van der Waals surface area contributed by atoms with Gasteiger partial charge in [-0.15, -0.1) is 0 Å². The van der Waals surface area contributed by atoms with E-state index in [2.05, 4.69) is 23.3 Å². The highest BCUT2D eigenvalue weighted by Crippen LogP contribution is 2.42. The highest BCUT2D eigenvalue weighted by molar-refractivity contribution is 8.00. The van der Waals surface area contributed by atoms with Crippen LogP contribution in [0, 0.1) is 0 Å². The van der Waals surface area contributed by atoms with E-state index in [1.807, 2.05) is 0 Å². The Labute approximate surface area is 91.2 Å². The van der Waals surface area contributed by atoms with Gasteiger partial charge in [-0.2, -0.15) is 11.8 Å². The van der Waals surface area contributed by atoms with E-state index in [0.29, 0.717) is 10.8 Å². The lowest BCUT2D eigenvalue weighted by Crippen LogP contribution is -2.47. The van der Waals surface area contributed by atoms with Gasteiger partial charge in [-0.25, -0.2) is 0 Å². The van der Waals surface area contributed by atoms with Gasteiger partial charge in [-0.1, -0.05) is 6.42 Å². The molecule has 0 unspecified atom stereocenters.